The van der Waals surface area contributed by atoms with Gasteiger partial charge in [0.15, 0.2) is 18.3 Å². The van der Waals surface area contributed by atoms with Crippen LogP contribution < -0.4 is 0 Å². The van der Waals surface area contributed by atoms with Gasteiger partial charge in [0, 0.05) is 12.5 Å². The summed E-state index contributed by atoms with van der Waals surface area (Å²) in [5.74, 6) is -0.336. The SMILES string of the molecule is CC1OC(Cc2ccc(O)c([N+](=O)[O-])c2)O1. The lowest BCUT2D eigenvalue weighted by Gasteiger charge is -2.33. The summed E-state index contributed by atoms with van der Waals surface area (Å²) < 4.78 is 10.4. The van der Waals surface area contributed by atoms with E-state index in [9.17, 15) is 15.2 Å². The molecule has 1 saturated heterocycles. The van der Waals surface area contributed by atoms with Crippen molar-refractivity contribution >= 4 is 5.69 Å². The molecule has 0 aliphatic carbocycles. The Hall–Kier alpha value is -1.66. The van der Waals surface area contributed by atoms with E-state index in [4.69, 9.17) is 9.47 Å². The van der Waals surface area contributed by atoms with Gasteiger partial charge in [-0.25, -0.2) is 0 Å². The highest BCUT2D eigenvalue weighted by molar-refractivity contribution is 5.47. The first-order valence-electron chi connectivity index (χ1n) is 4.83. The maximum absolute atomic E-state index is 10.6. The number of benzene rings is 1. The molecule has 0 amide bonds. The van der Waals surface area contributed by atoms with E-state index >= 15 is 0 Å². The Morgan fingerprint density at radius 3 is 2.75 bits per heavy atom. The van der Waals surface area contributed by atoms with Crippen molar-refractivity contribution in [2.45, 2.75) is 25.9 Å². The molecule has 1 aliphatic heterocycles. The van der Waals surface area contributed by atoms with E-state index in [-0.39, 0.29) is 24.0 Å². The van der Waals surface area contributed by atoms with Crippen LogP contribution in [0.25, 0.3) is 0 Å². The molecule has 0 atom stereocenters. The fourth-order valence-corrected chi connectivity index (χ4v) is 1.57. The van der Waals surface area contributed by atoms with Crippen LogP contribution in [0.2, 0.25) is 0 Å². The quantitative estimate of drug-likeness (QED) is 0.623. The predicted molar refractivity (Wildman–Crippen MR) is 53.9 cm³/mol. The molecule has 1 heterocycles. The molecular formula is C10H11NO5. The summed E-state index contributed by atoms with van der Waals surface area (Å²) in [6, 6.07) is 4.23. The van der Waals surface area contributed by atoms with E-state index in [1.165, 1.54) is 12.1 Å². The summed E-state index contributed by atoms with van der Waals surface area (Å²) in [5, 5.41) is 19.8. The number of phenols is 1. The number of nitrogens with zero attached hydrogens (tertiary/aromatic N) is 1. The summed E-state index contributed by atoms with van der Waals surface area (Å²) in [6.45, 7) is 1.77. The van der Waals surface area contributed by atoms with Crippen molar-refractivity contribution in [3.05, 3.63) is 33.9 Å². The number of hydrogen-bond acceptors (Lipinski definition) is 5. The molecule has 0 saturated carbocycles. The van der Waals surface area contributed by atoms with Gasteiger partial charge in [0.2, 0.25) is 0 Å². The number of nitro benzene ring substituents is 1. The molecule has 1 aromatic carbocycles. The van der Waals surface area contributed by atoms with Crippen molar-refractivity contribution in [1.82, 2.24) is 0 Å². The predicted octanol–water partition coefficient (Wildman–Crippen LogP) is 1.56. The molecule has 86 valence electrons. The Morgan fingerprint density at radius 2 is 2.19 bits per heavy atom. The van der Waals surface area contributed by atoms with Crippen LogP contribution in [0, 0.1) is 10.1 Å². The lowest BCUT2D eigenvalue weighted by molar-refractivity contribution is -0.386. The third kappa shape index (κ3) is 2.12. The van der Waals surface area contributed by atoms with Gasteiger partial charge in [-0.15, -0.1) is 0 Å². The second-order valence-corrected chi connectivity index (χ2v) is 3.55. The van der Waals surface area contributed by atoms with Gasteiger partial charge < -0.3 is 14.6 Å². The average Bonchev–Trinajstić information content (AvgIpc) is 2.18. The van der Waals surface area contributed by atoms with Crippen molar-refractivity contribution in [3.8, 4) is 5.75 Å². The number of ether oxygens (including phenoxy) is 2. The monoisotopic (exact) mass is 225 g/mol. The van der Waals surface area contributed by atoms with Gasteiger partial charge in [0.05, 0.1) is 4.92 Å². The van der Waals surface area contributed by atoms with Gasteiger partial charge in [0.25, 0.3) is 0 Å². The topological polar surface area (TPSA) is 81.8 Å². The fraction of sp³-hybridized carbons (Fsp3) is 0.400. The van der Waals surface area contributed by atoms with Crippen LogP contribution in [0.1, 0.15) is 12.5 Å². The van der Waals surface area contributed by atoms with Crippen LogP contribution in [0.15, 0.2) is 18.2 Å². The van der Waals surface area contributed by atoms with Gasteiger partial charge in [-0.05, 0) is 18.6 Å². The molecule has 6 heteroatoms. The Labute approximate surface area is 91.6 Å². The number of rotatable bonds is 3. The normalized spacial score (nSPS) is 23.8. The first-order valence-corrected chi connectivity index (χ1v) is 4.83. The minimum absolute atomic E-state index is 0.211. The number of nitro groups is 1. The highest BCUT2D eigenvalue weighted by atomic mass is 16.9. The Bertz CT molecular complexity index is 414. The van der Waals surface area contributed by atoms with Crippen LogP contribution in [0.3, 0.4) is 0 Å². The zero-order valence-electron chi connectivity index (χ0n) is 8.62. The van der Waals surface area contributed by atoms with Gasteiger partial charge in [-0.2, -0.15) is 0 Å². The fourth-order valence-electron chi connectivity index (χ4n) is 1.57. The molecule has 0 radical (unpaired) electrons. The summed E-state index contributed by atoms with van der Waals surface area (Å²) in [7, 11) is 0. The van der Waals surface area contributed by atoms with E-state index in [1.54, 1.807) is 13.0 Å². The molecule has 0 aromatic heterocycles. The molecule has 1 aliphatic rings. The summed E-state index contributed by atoms with van der Waals surface area (Å²) in [4.78, 5) is 9.96. The molecule has 1 aromatic rings. The Kier molecular flexibility index (Phi) is 2.76. The van der Waals surface area contributed by atoms with E-state index in [1.807, 2.05) is 0 Å². The first kappa shape index (κ1) is 10.8. The molecule has 0 unspecified atom stereocenters. The van der Waals surface area contributed by atoms with Gasteiger partial charge in [0.1, 0.15) is 0 Å². The summed E-state index contributed by atoms with van der Waals surface area (Å²) in [5.41, 5.74) is 0.395. The third-order valence-electron chi connectivity index (χ3n) is 2.33. The Balaban J connectivity index is 2.10. The summed E-state index contributed by atoms with van der Waals surface area (Å²) in [6.07, 6.45) is -0.123. The van der Waals surface area contributed by atoms with Crippen LogP contribution in [0.5, 0.6) is 5.75 Å². The van der Waals surface area contributed by atoms with Crippen molar-refractivity contribution in [1.29, 1.82) is 0 Å². The zero-order valence-corrected chi connectivity index (χ0v) is 8.62. The maximum Gasteiger partial charge on any atom is 0.310 e. The van der Waals surface area contributed by atoms with E-state index in [2.05, 4.69) is 0 Å². The van der Waals surface area contributed by atoms with E-state index < -0.39 is 4.92 Å². The maximum atomic E-state index is 10.6. The van der Waals surface area contributed by atoms with E-state index in [0.29, 0.717) is 12.0 Å². The van der Waals surface area contributed by atoms with E-state index in [0.717, 1.165) is 0 Å². The standard InChI is InChI=1S/C10H11NO5/c1-6-15-10(16-6)5-7-2-3-9(12)8(4-7)11(13)14/h2-4,6,10,12H,5H2,1H3. The van der Waals surface area contributed by atoms with Crippen LogP contribution in [-0.2, 0) is 15.9 Å². The molecule has 0 spiro atoms. The lowest BCUT2D eigenvalue weighted by Crippen LogP contribution is -2.40. The second kappa shape index (κ2) is 4.07. The number of hydrogen-bond donors (Lipinski definition) is 1. The van der Waals surface area contributed by atoms with Crippen LogP contribution in [-0.4, -0.2) is 22.6 Å². The van der Waals surface area contributed by atoms with Crippen molar-refractivity contribution in [2.24, 2.45) is 0 Å². The lowest BCUT2D eigenvalue weighted by atomic mass is 10.1. The van der Waals surface area contributed by atoms with Crippen LogP contribution in [0.4, 0.5) is 5.69 Å². The second-order valence-electron chi connectivity index (χ2n) is 3.55. The molecule has 16 heavy (non-hydrogen) atoms. The molecule has 2 rings (SSSR count). The molecule has 1 fully saturated rings. The van der Waals surface area contributed by atoms with Gasteiger partial charge in [-0.3, -0.25) is 10.1 Å². The third-order valence-corrected chi connectivity index (χ3v) is 2.33. The minimum atomic E-state index is -0.621. The van der Waals surface area contributed by atoms with Gasteiger partial charge >= 0.3 is 5.69 Å². The average molecular weight is 225 g/mol. The smallest absolute Gasteiger partial charge is 0.310 e. The molecular weight excluding hydrogens is 214 g/mol. The Morgan fingerprint density at radius 1 is 1.50 bits per heavy atom. The van der Waals surface area contributed by atoms with Crippen molar-refractivity contribution < 1.29 is 19.5 Å². The summed E-state index contributed by atoms with van der Waals surface area (Å²) >= 11 is 0. The molecule has 0 bridgehead atoms. The molecule has 1 N–H and O–H groups in total. The first-order chi connectivity index (χ1) is 7.56. The minimum Gasteiger partial charge on any atom is -0.502 e. The highest BCUT2D eigenvalue weighted by Crippen LogP contribution is 2.28. The molecule has 6 nitrogen and oxygen atoms in total. The van der Waals surface area contributed by atoms with Gasteiger partial charge in [-0.1, -0.05) is 6.07 Å². The zero-order chi connectivity index (χ0) is 11.7. The number of aromatic hydroxyl groups is 1. The van der Waals surface area contributed by atoms with Crippen molar-refractivity contribution in [2.75, 3.05) is 0 Å². The van der Waals surface area contributed by atoms with Crippen molar-refractivity contribution in [3.63, 3.8) is 0 Å². The number of phenolic OH excluding ortho intramolecular Hbond substituents is 1. The highest BCUT2D eigenvalue weighted by Gasteiger charge is 2.27. The van der Waals surface area contributed by atoms with Crippen LogP contribution >= 0.6 is 0 Å². The largest absolute Gasteiger partial charge is 0.502 e.